The highest BCUT2D eigenvalue weighted by Crippen LogP contribution is 2.25. The molecule has 0 spiro atoms. The van der Waals surface area contributed by atoms with E-state index in [4.69, 9.17) is 0 Å². The summed E-state index contributed by atoms with van der Waals surface area (Å²) in [5, 5.41) is 16.1. The topological polar surface area (TPSA) is 61.7 Å². The molecule has 0 aliphatic heterocycles. The maximum atomic E-state index is 12.2. The number of halogens is 1. The lowest BCUT2D eigenvalue weighted by Gasteiger charge is -2.06. The summed E-state index contributed by atoms with van der Waals surface area (Å²) < 4.78 is 0.839. The van der Waals surface area contributed by atoms with E-state index >= 15 is 0 Å². The summed E-state index contributed by atoms with van der Waals surface area (Å²) in [6.07, 6.45) is 1.68. The fourth-order valence-electron chi connectivity index (χ4n) is 2.69. The van der Waals surface area contributed by atoms with Crippen molar-refractivity contribution in [2.24, 2.45) is 5.10 Å². The van der Waals surface area contributed by atoms with E-state index in [0.717, 1.165) is 26.4 Å². The number of hydrogen-bond acceptors (Lipinski definition) is 3. The molecular formula is C20H17BrN2O2. The van der Waals surface area contributed by atoms with Gasteiger partial charge < -0.3 is 5.11 Å². The van der Waals surface area contributed by atoms with Gasteiger partial charge >= 0.3 is 0 Å². The average molecular weight is 397 g/mol. The number of hydrogen-bond donors (Lipinski definition) is 2. The van der Waals surface area contributed by atoms with Crippen LogP contribution in [0.25, 0.3) is 10.8 Å². The van der Waals surface area contributed by atoms with E-state index in [1.54, 1.807) is 13.0 Å². The first kappa shape index (κ1) is 17.2. The first-order valence-corrected chi connectivity index (χ1v) is 8.61. The Labute approximate surface area is 154 Å². The summed E-state index contributed by atoms with van der Waals surface area (Å²) in [5.41, 5.74) is 4.74. The first-order chi connectivity index (χ1) is 12.0. The van der Waals surface area contributed by atoms with Crippen molar-refractivity contribution in [3.63, 3.8) is 0 Å². The van der Waals surface area contributed by atoms with E-state index in [1.165, 1.54) is 6.21 Å². The van der Waals surface area contributed by atoms with Crippen LogP contribution in [0, 0.1) is 6.92 Å². The first-order valence-electron chi connectivity index (χ1n) is 7.82. The quantitative estimate of drug-likeness (QED) is 0.509. The number of fused-ring (bicyclic) bond motifs is 1. The van der Waals surface area contributed by atoms with Gasteiger partial charge in [0.05, 0.1) is 12.6 Å². The SMILES string of the molecule is Cc1cc(Br)cc(/C=N/NC(=O)Cc2cccc3ccccc23)c1O. The average Bonchev–Trinajstić information content (AvgIpc) is 2.59. The molecule has 0 saturated carbocycles. The highest BCUT2D eigenvalue weighted by molar-refractivity contribution is 9.10. The number of nitrogens with one attached hydrogen (secondary N) is 1. The Balaban J connectivity index is 1.71. The van der Waals surface area contributed by atoms with Gasteiger partial charge in [0.25, 0.3) is 0 Å². The fraction of sp³-hybridized carbons (Fsp3) is 0.100. The zero-order valence-electron chi connectivity index (χ0n) is 13.7. The van der Waals surface area contributed by atoms with Gasteiger partial charge in [-0.05, 0) is 41.0 Å². The molecule has 5 heteroatoms. The molecule has 0 aromatic heterocycles. The van der Waals surface area contributed by atoms with E-state index in [-0.39, 0.29) is 18.1 Å². The Morgan fingerprint density at radius 1 is 1.20 bits per heavy atom. The number of carbonyl (C=O) groups is 1. The van der Waals surface area contributed by atoms with Crippen LogP contribution in [-0.2, 0) is 11.2 Å². The number of aromatic hydroxyl groups is 1. The van der Waals surface area contributed by atoms with Crippen LogP contribution in [0.1, 0.15) is 16.7 Å². The molecule has 3 aromatic carbocycles. The standard InChI is InChI=1S/C20H17BrN2O2/c1-13-9-17(21)10-16(20(13)25)12-22-23-19(24)11-15-7-4-6-14-5-2-3-8-18(14)15/h2-10,12,25H,11H2,1H3,(H,23,24)/b22-12+. The molecule has 2 N–H and O–H groups in total. The molecule has 0 bridgehead atoms. The second-order valence-electron chi connectivity index (χ2n) is 5.77. The van der Waals surface area contributed by atoms with E-state index < -0.39 is 0 Å². The van der Waals surface area contributed by atoms with Crippen molar-refractivity contribution in [2.75, 3.05) is 0 Å². The maximum Gasteiger partial charge on any atom is 0.244 e. The minimum Gasteiger partial charge on any atom is -0.507 e. The highest BCUT2D eigenvalue weighted by atomic mass is 79.9. The molecule has 0 aliphatic carbocycles. The van der Waals surface area contributed by atoms with E-state index in [2.05, 4.69) is 26.5 Å². The minimum atomic E-state index is -0.209. The highest BCUT2D eigenvalue weighted by Gasteiger charge is 2.07. The number of hydrazone groups is 1. The van der Waals surface area contributed by atoms with Crippen LogP contribution in [0.3, 0.4) is 0 Å². The molecule has 0 atom stereocenters. The van der Waals surface area contributed by atoms with Gasteiger partial charge in [-0.25, -0.2) is 5.43 Å². The molecule has 25 heavy (non-hydrogen) atoms. The number of aryl methyl sites for hydroxylation is 1. The van der Waals surface area contributed by atoms with Gasteiger partial charge in [0, 0.05) is 10.0 Å². The lowest BCUT2D eigenvalue weighted by atomic mass is 10.0. The molecule has 4 nitrogen and oxygen atoms in total. The zero-order chi connectivity index (χ0) is 17.8. The molecule has 0 saturated heterocycles. The lowest BCUT2D eigenvalue weighted by Crippen LogP contribution is -2.19. The van der Waals surface area contributed by atoms with Gasteiger partial charge in [0.1, 0.15) is 5.75 Å². The molecule has 3 rings (SSSR count). The summed E-state index contributed by atoms with van der Waals surface area (Å²) in [5.74, 6) is -0.0611. The van der Waals surface area contributed by atoms with Crippen molar-refractivity contribution in [2.45, 2.75) is 13.3 Å². The Bertz CT molecular complexity index is 962. The van der Waals surface area contributed by atoms with Crippen LogP contribution < -0.4 is 5.43 Å². The second-order valence-corrected chi connectivity index (χ2v) is 6.68. The molecule has 0 radical (unpaired) electrons. The van der Waals surface area contributed by atoms with Crippen LogP contribution in [0.5, 0.6) is 5.75 Å². The molecule has 0 heterocycles. The predicted molar refractivity (Wildman–Crippen MR) is 104 cm³/mol. The monoisotopic (exact) mass is 396 g/mol. The number of phenolic OH excluding ortho intramolecular Hbond substituents is 1. The summed E-state index contributed by atoms with van der Waals surface area (Å²) in [6, 6.07) is 17.4. The van der Waals surface area contributed by atoms with Gasteiger partial charge in [-0.1, -0.05) is 58.4 Å². The fourth-order valence-corrected chi connectivity index (χ4v) is 3.28. The van der Waals surface area contributed by atoms with Crippen molar-refractivity contribution in [1.82, 2.24) is 5.43 Å². The Morgan fingerprint density at radius 2 is 1.96 bits per heavy atom. The van der Waals surface area contributed by atoms with Crippen LogP contribution >= 0.6 is 15.9 Å². The number of rotatable bonds is 4. The maximum absolute atomic E-state index is 12.2. The van der Waals surface area contributed by atoms with Gasteiger partial charge in [-0.3, -0.25) is 4.79 Å². The number of benzene rings is 3. The molecule has 3 aromatic rings. The normalized spacial score (nSPS) is 11.1. The second kappa shape index (κ2) is 7.49. The van der Waals surface area contributed by atoms with Gasteiger partial charge in [-0.2, -0.15) is 5.10 Å². The van der Waals surface area contributed by atoms with Crippen LogP contribution in [-0.4, -0.2) is 17.2 Å². The van der Waals surface area contributed by atoms with Crippen LogP contribution in [0.15, 0.2) is 64.2 Å². The van der Waals surface area contributed by atoms with Gasteiger partial charge in [0.15, 0.2) is 0 Å². The number of amides is 1. The van der Waals surface area contributed by atoms with E-state index in [1.807, 2.05) is 48.5 Å². The molecule has 0 fully saturated rings. The third kappa shape index (κ3) is 4.06. The minimum absolute atomic E-state index is 0.148. The lowest BCUT2D eigenvalue weighted by molar-refractivity contribution is -0.120. The number of nitrogens with zero attached hydrogens (tertiary/aromatic N) is 1. The van der Waals surface area contributed by atoms with Gasteiger partial charge in [-0.15, -0.1) is 0 Å². The van der Waals surface area contributed by atoms with Crippen molar-refractivity contribution in [3.8, 4) is 5.75 Å². The molecule has 0 aliphatic rings. The van der Waals surface area contributed by atoms with Gasteiger partial charge in [0.2, 0.25) is 5.91 Å². The Kier molecular flexibility index (Phi) is 5.14. The summed E-state index contributed by atoms with van der Waals surface area (Å²) in [7, 11) is 0. The Morgan fingerprint density at radius 3 is 2.80 bits per heavy atom. The zero-order valence-corrected chi connectivity index (χ0v) is 15.2. The third-order valence-corrected chi connectivity index (χ3v) is 4.38. The third-order valence-electron chi connectivity index (χ3n) is 3.92. The number of phenols is 1. The molecule has 126 valence electrons. The molecular weight excluding hydrogens is 380 g/mol. The van der Waals surface area contributed by atoms with E-state index in [9.17, 15) is 9.90 Å². The number of carbonyl (C=O) groups excluding carboxylic acids is 1. The Hall–Kier alpha value is -2.66. The van der Waals surface area contributed by atoms with Crippen molar-refractivity contribution in [3.05, 3.63) is 75.8 Å². The summed E-state index contributed by atoms with van der Waals surface area (Å²) in [6.45, 7) is 1.80. The van der Waals surface area contributed by atoms with Crippen LogP contribution in [0.4, 0.5) is 0 Å². The summed E-state index contributed by atoms with van der Waals surface area (Å²) >= 11 is 3.38. The molecule has 1 amide bonds. The molecule has 0 unspecified atom stereocenters. The largest absolute Gasteiger partial charge is 0.507 e. The van der Waals surface area contributed by atoms with Crippen molar-refractivity contribution in [1.29, 1.82) is 0 Å². The van der Waals surface area contributed by atoms with Crippen LogP contribution in [0.2, 0.25) is 0 Å². The van der Waals surface area contributed by atoms with Crippen molar-refractivity contribution < 1.29 is 9.90 Å². The predicted octanol–water partition coefficient (Wildman–Crippen LogP) is 4.31. The van der Waals surface area contributed by atoms with Crippen molar-refractivity contribution >= 4 is 38.8 Å². The smallest absolute Gasteiger partial charge is 0.244 e. The van der Waals surface area contributed by atoms with E-state index in [0.29, 0.717) is 5.56 Å². The summed E-state index contributed by atoms with van der Waals surface area (Å²) in [4.78, 5) is 12.2.